The second-order valence-corrected chi connectivity index (χ2v) is 4.08. The molecule has 0 atom stereocenters. The molecular formula is C11H10INO. The van der Waals surface area contributed by atoms with Gasteiger partial charge < -0.3 is 9.30 Å². The van der Waals surface area contributed by atoms with Gasteiger partial charge >= 0.3 is 0 Å². The van der Waals surface area contributed by atoms with E-state index in [1.54, 1.807) is 7.11 Å². The van der Waals surface area contributed by atoms with Gasteiger partial charge in [0.2, 0.25) is 0 Å². The van der Waals surface area contributed by atoms with Crippen molar-refractivity contribution < 1.29 is 4.74 Å². The van der Waals surface area contributed by atoms with Crippen LogP contribution in [0, 0.1) is 3.57 Å². The maximum atomic E-state index is 5.22. The minimum absolute atomic E-state index is 0.912. The molecule has 0 aliphatic heterocycles. The van der Waals surface area contributed by atoms with Crippen LogP contribution in [-0.4, -0.2) is 11.7 Å². The summed E-state index contributed by atoms with van der Waals surface area (Å²) in [7, 11) is 1.69. The van der Waals surface area contributed by atoms with E-state index in [4.69, 9.17) is 4.74 Å². The highest BCUT2D eigenvalue weighted by atomic mass is 127. The van der Waals surface area contributed by atoms with Crippen LogP contribution in [0.15, 0.2) is 42.7 Å². The zero-order valence-electron chi connectivity index (χ0n) is 7.77. The van der Waals surface area contributed by atoms with E-state index in [1.807, 2.05) is 24.4 Å². The van der Waals surface area contributed by atoms with E-state index in [2.05, 4.69) is 45.5 Å². The fourth-order valence-corrected chi connectivity index (χ4v) is 1.97. The quantitative estimate of drug-likeness (QED) is 0.777. The first-order valence-electron chi connectivity index (χ1n) is 4.28. The molecule has 1 aromatic heterocycles. The number of halogens is 1. The van der Waals surface area contributed by atoms with E-state index < -0.39 is 0 Å². The maximum Gasteiger partial charge on any atom is 0.150 e. The topological polar surface area (TPSA) is 14.2 Å². The summed E-state index contributed by atoms with van der Waals surface area (Å²) in [5, 5.41) is 0. The Bertz CT molecular complexity index is 422. The summed E-state index contributed by atoms with van der Waals surface area (Å²) in [6.45, 7) is 0. The van der Waals surface area contributed by atoms with Crippen LogP contribution in [0.4, 0.5) is 0 Å². The van der Waals surface area contributed by atoms with Crippen LogP contribution < -0.4 is 4.74 Å². The molecule has 0 N–H and O–H groups in total. The molecule has 1 aromatic carbocycles. The molecule has 2 aromatic rings. The Labute approximate surface area is 96.6 Å². The van der Waals surface area contributed by atoms with Gasteiger partial charge in [0, 0.05) is 11.9 Å². The average Bonchev–Trinajstić information content (AvgIpc) is 2.61. The lowest BCUT2D eigenvalue weighted by Gasteiger charge is -2.00. The van der Waals surface area contributed by atoms with Gasteiger partial charge in [-0.25, -0.2) is 0 Å². The highest BCUT2D eigenvalue weighted by Gasteiger charge is 2.04. The molecule has 0 amide bonds. The van der Waals surface area contributed by atoms with Gasteiger partial charge in [-0.15, -0.1) is 0 Å². The van der Waals surface area contributed by atoms with Crippen molar-refractivity contribution in [3.05, 3.63) is 46.3 Å². The van der Waals surface area contributed by atoms with Gasteiger partial charge in [0.1, 0.15) is 5.75 Å². The predicted molar refractivity (Wildman–Crippen MR) is 65.0 cm³/mol. The summed E-state index contributed by atoms with van der Waals surface area (Å²) >= 11 is 2.26. The van der Waals surface area contributed by atoms with Gasteiger partial charge in [-0.05, 0) is 34.7 Å². The molecule has 1 heterocycles. The third-order valence-electron chi connectivity index (χ3n) is 2.02. The Hall–Kier alpha value is -0.970. The number of hydrogen-bond donors (Lipinski definition) is 0. The Morgan fingerprint density at radius 2 is 1.86 bits per heavy atom. The standard InChI is InChI=1S/C11H10INO/c1-14-11-8-13(7-10(11)12)9-5-3-2-4-6-9/h2-8H,1H3. The zero-order valence-corrected chi connectivity index (χ0v) is 9.93. The lowest BCUT2D eigenvalue weighted by molar-refractivity contribution is 0.412. The van der Waals surface area contributed by atoms with Crippen LogP contribution in [0.2, 0.25) is 0 Å². The number of benzene rings is 1. The molecule has 3 heteroatoms. The van der Waals surface area contributed by atoms with Crippen LogP contribution in [0.25, 0.3) is 5.69 Å². The van der Waals surface area contributed by atoms with Crippen LogP contribution >= 0.6 is 22.6 Å². The summed E-state index contributed by atoms with van der Waals surface area (Å²) in [5.74, 6) is 0.912. The molecule has 0 fully saturated rings. The van der Waals surface area contributed by atoms with Crippen molar-refractivity contribution in [1.82, 2.24) is 4.57 Å². The van der Waals surface area contributed by atoms with Gasteiger partial charge in [0.05, 0.1) is 16.9 Å². The molecule has 0 saturated carbocycles. The highest BCUT2D eigenvalue weighted by molar-refractivity contribution is 14.1. The van der Waals surface area contributed by atoms with E-state index in [1.165, 1.54) is 0 Å². The number of nitrogens with zero attached hydrogens (tertiary/aromatic N) is 1. The third-order valence-corrected chi connectivity index (χ3v) is 2.83. The monoisotopic (exact) mass is 299 g/mol. The summed E-state index contributed by atoms with van der Waals surface area (Å²) in [4.78, 5) is 0. The third kappa shape index (κ3) is 1.77. The smallest absolute Gasteiger partial charge is 0.150 e. The van der Waals surface area contributed by atoms with Gasteiger partial charge in [-0.2, -0.15) is 0 Å². The minimum atomic E-state index is 0.912. The number of rotatable bonds is 2. The van der Waals surface area contributed by atoms with Gasteiger partial charge in [-0.3, -0.25) is 0 Å². The van der Waals surface area contributed by atoms with Crippen molar-refractivity contribution in [3.63, 3.8) is 0 Å². The lowest BCUT2D eigenvalue weighted by Crippen LogP contribution is -1.87. The first-order chi connectivity index (χ1) is 6.81. The lowest BCUT2D eigenvalue weighted by atomic mass is 10.3. The van der Waals surface area contributed by atoms with E-state index in [0.717, 1.165) is 15.0 Å². The molecule has 0 unspecified atom stereocenters. The second kappa shape index (κ2) is 4.04. The summed E-state index contributed by atoms with van der Waals surface area (Å²) in [5.41, 5.74) is 1.15. The molecule has 0 aliphatic carbocycles. The molecule has 0 bridgehead atoms. The first-order valence-corrected chi connectivity index (χ1v) is 5.36. The van der Waals surface area contributed by atoms with Crippen molar-refractivity contribution in [2.75, 3.05) is 7.11 Å². The molecule has 0 radical (unpaired) electrons. The predicted octanol–water partition coefficient (Wildman–Crippen LogP) is 3.09. The van der Waals surface area contributed by atoms with Crippen LogP contribution in [0.3, 0.4) is 0 Å². The molecule has 0 spiro atoms. The van der Waals surface area contributed by atoms with E-state index in [9.17, 15) is 0 Å². The van der Waals surface area contributed by atoms with Crippen LogP contribution in [-0.2, 0) is 0 Å². The van der Waals surface area contributed by atoms with Gasteiger partial charge in [0.25, 0.3) is 0 Å². The zero-order chi connectivity index (χ0) is 9.97. The molecule has 0 saturated heterocycles. The van der Waals surface area contributed by atoms with E-state index in [0.29, 0.717) is 0 Å². The minimum Gasteiger partial charge on any atom is -0.494 e. The average molecular weight is 299 g/mol. The molecule has 2 nitrogen and oxygen atoms in total. The van der Waals surface area contributed by atoms with Crippen molar-refractivity contribution in [2.45, 2.75) is 0 Å². The van der Waals surface area contributed by atoms with Gasteiger partial charge in [0.15, 0.2) is 0 Å². The summed E-state index contributed by atoms with van der Waals surface area (Å²) in [6.07, 6.45) is 4.03. The first kappa shape index (κ1) is 9.58. The van der Waals surface area contributed by atoms with Crippen molar-refractivity contribution in [2.24, 2.45) is 0 Å². The van der Waals surface area contributed by atoms with E-state index >= 15 is 0 Å². The SMILES string of the molecule is COc1cn(-c2ccccc2)cc1I. The Kier molecular flexibility index (Phi) is 2.77. The highest BCUT2D eigenvalue weighted by Crippen LogP contribution is 2.23. The molecular weight excluding hydrogens is 289 g/mol. The summed E-state index contributed by atoms with van der Waals surface area (Å²) in [6, 6.07) is 10.2. The molecule has 0 aliphatic rings. The number of methoxy groups -OCH3 is 1. The largest absolute Gasteiger partial charge is 0.494 e. The maximum absolute atomic E-state index is 5.22. The molecule has 14 heavy (non-hydrogen) atoms. The van der Waals surface area contributed by atoms with Crippen molar-refractivity contribution in [1.29, 1.82) is 0 Å². The number of ether oxygens (including phenoxy) is 1. The fourth-order valence-electron chi connectivity index (χ4n) is 1.31. The number of para-hydroxylation sites is 1. The Morgan fingerprint density at radius 3 is 2.43 bits per heavy atom. The normalized spacial score (nSPS) is 10.1. The van der Waals surface area contributed by atoms with Crippen molar-refractivity contribution >= 4 is 22.6 Å². The number of hydrogen-bond acceptors (Lipinski definition) is 1. The Balaban J connectivity index is 2.43. The Morgan fingerprint density at radius 1 is 1.14 bits per heavy atom. The van der Waals surface area contributed by atoms with E-state index in [-0.39, 0.29) is 0 Å². The van der Waals surface area contributed by atoms with Crippen LogP contribution in [0.5, 0.6) is 5.75 Å². The molecule has 72 valence electrons. The second-order valence-electron chi connectivity index (χ2n) is 2.92. The fraction of sp³-hybridized carbons (Fsp3) is 0.0909. The van der Waals surface area contributed by atoms with Crippen LogP contribution in [0.1, 0.15) is 0 Å². The summed E-state index contributed by atoms with van der Waals surface area (Å²) < 4.78 is 8.39. The van der Waals surface area contributed by atoms with Gasteiger partial charge in [-0.1, -0.05) is 18.2 Å². The van der Waals surface area contributed by atoms with Crippen molar-refractivity contribution in [3.8, 4) is 11.4 Å². The molecule has 2 rings (SSSR count). The number of aromatic nitrogens is 1.